The van der Waals surface area contributed by atoms with Crippen LogP contribution in [-0.4, -0.2) is 5.97 Å². The van der Waals surface area contributed by atoms with E-state index in [-0.39, 0.29) is 5.56 Å². The summed E-state index contributed by atoms with van der Waals surface area (Å²) >= 11 is 0. The first-order valence-corrected chi connectivity index (χ1v) is 4.38. The van der Waals surface area contributed by atoms with Crippen molar-refractivity contribution in [2.24, 2.45) is 0 Å². The highest BCUT2D eigenvalue weighted by Gasteiger charge is 1.97. The van der Waals surface area contributed by atoms with Crippen molar-refractivity contribution in [1.29, 1.82) is 0 Å². The number of carbonyl (C=O) groups is 1. The van der Waals surface area contributed by atoms with Crippen LogP contribution < -0.4 is 5.11 Å². The van der Waals surface area contributed by atoms with E-state index in [2.05, 4.69) is 0 Å². The van der Waals surface area contributed by atoms with E-state index in [1.165, 1.54) is 0 Å². The third kappa shape index (κ3) is 1.46. The molecule has 0 fully saturated rings. The van der Waals surface area contributed by atoms with Crippen LogP contribution in [0, 0.1) is 6.92 Å². The summed E-state index contributed by atoms with van der Waals surface area (Å²) in [5.41, 5.74) is 1.34. The van der Waals surface area contributed by atoms with E-state index in [1.807, 2.05) is 25.1 Å². The van der Waals surface area contributed by atoms with E-state index in [9.17, 15) is 9.90 Å². The Kier molecular flexibility index (Phi) is 1.97. The van der Waals surface area contributed by atoms with Gasteiger partial charge >= 0.3 is 0 Å². The molecule has 0 aromatic heterocycles. The van der Waals surface area contributed by atoms with Crippen molar-refractivity contribution in [3.63, 3.8) is 0 Å². The number of rotatable bonds is 1. The van der Waals surface area contributed by atoms with Crippen LogP contribution in [0.3, 0.4) is 0 Å². The van der Waals surface area contributed by atoms with Crippen molar-refractivity contribution < 1.29 is 9.90 Å². The first kappa shape index (κ1) is 8.75. The molecule has 0 saturated carbocycles. The number of carboxylic acids is 1. The smallest absolute Gasteiger partial charge is 0.0715 e. The Balaban J connectivity index is 2.69. The van der Waals surface area contributed by atoms with Gasteiger partial charge in [0.2, 0.25) is 0 Å². The SMILES string of the molecule is Cc1ccc2ccc(C(=O)[O-])cc2c1. The number of hydrogen-bond acceptors (Lipinski definition) is 2. The number of carboxylic acid groups (broad SMARTS) is 1. The Labute approximate surface area is 81.8 Å². The molecule has 0 heterocycles. The van der Waals surface area contributed by atoms with Crippen molar-refractivity contribution in [3.05, 3.63) is 47.5 Å². The highest BCUT2D eigenvalue weighted by molar-refractivity contribution is 5.93. The maximum absolute atomic E-state index is 10.6. The molecule has 0 bridgehead atoms. The summed E-state index contributed by atoms with van der Waals surface area (Å²) in [6, 6.07) is 10.9. The molecular weight excluding hydrogens is 176 g/mol. The molecule has 0 aliphatic rings. The molecule has 70 valence electrons. The van der Waals surface area contributed by atoms with Crippen LogP contribution >= 0.6 is 0 Å². The Bertz CT molecular complexity index is 501. The summed E-state index contributed by atoms with van der Waals surface area (Å²) in [4.78, 5) is 10.6. The van der Waals surface area contributed by atoms with E-state index in [0.29, 0.717) is 0 Å². The second-order valence-corrected chi connectivity index (χ2v) is 3.35. The molecule has 14 heavy (non-hydrogen) atoms. The third-order valence-corrected chi connectivity index (χ3v) is 2.23. The fraction of sp³-hybridized carbons (Fsp3) is 0.0833. The molecular formula is C12H9O2-. The van der Waals surface area contributed by atoms with Gasteiger partial charge < -0.3 is 9.90 Å². The van der Waals surface area contributed by atoms with Crippen molar-refractivity contribution in [2.45, 2.75) is 6.92 Å². The summed E-state index contributed by atoms with van der Waals surface area (Å²) < 4.78 is 0. The minimum atomic E-state index is -1.13. The van der Waals surface area contributed by atoms with Gasteiger partial charge in [-0.25, -0.2) is 0 Å². The van der Waals surface area contributed by atoms with Crippen LogP contribution in [0.4, 0.5) is 0 Å². The second-order valence-electron chi connectivity index (χ2n) is 3.35. The van der Waals surface area contributed by atoms with Crippen LogP contribution in [0.25, 0.3) is 10.8 Å². The van der Waals surface area contributed by atoms with E-state index >= 15 is 0 Å². The summed E-state index contributed by atoms with van der Waals surface area (Å²) in [6.07, 6.45) is 0. The monoisotopic (exact) mass is 185 g/mol. The fourth-order valence-corrected chi connectivity index (χ4v) is 1.49. The van der Waals surface area contributed by atoms with E-state index in [4.69, 9.17) is 0 Å². The summed E-state index contributed by atoms with van der Waals surface area (Å²) in [6.45, 7) is 1.98. The van der Waals surface area contributed by atoms with Gasteiger partial charge in [-0.05, 0) is 29.3 Å². The zero-order valence-corrected chi connectivity index (χ0v) is 7.78. The number of aromatic carboxylic acids is 1. The Morgan fingerprint density at radius 3 is 2.50 bits per heavy atom. The highest BCUT2D eigenvalue weighted by Crippen LogP contribution is 2.17. The lowest BCUT2D eigenvalue weighted by Crippen LogP contribution is -2.21. The van der Waals surface area contributed by atoms with Gasteiger partial charge in [-0.15, -0.1) is 0 Å². The van der Waals surface area contributed by atoms with Crippen LogP contribution in [-0.2, 0) is 0 Å². The van der Waals surface area contributed by atoms with Crippen molar-refractivity contribution in [1.82, 2.24) is 0 Å². The Hall–Kier alpha value is -1.83. The average molecular weight is 185 g/mol. The lowest BCUT2D eigenvalue weighted by molar-refractivity contribution is -0.255. The quantitative estimate of drug-likeness (QED) is 0.675. The predicted molar refractivity (Wildman–Crippen MR) is 53.0 cm³/mol. The molecule has 0 amide bonds. The maximum atomic E-state index is 10.6. The molecule has 0 aliphatic carbocycles. The van der Waals surface area contributed by atoms with Gasteiger partial charge in [0.05, 0.1) is 5.97 Å². The molecule has 0 spiro atoms. The molecule has 0 N–H and O–H groups in total. The number of benzene rings is 2. The van der Waals surface area contributed by atoms with Crippen molar-refractivity contribution >= 4 is 16.7 Å². The molecule has 2 aromatic carbocycles. The summed E-state index contributed by atoms with van der Waals surface area (Å²) in [5, 5.41) is 12.6. The number of carbonyl (C=O) groups excluding carboxylic acids is 1. The molecule has 2 aromatic rings. The molecule has 2 nitrogen and oxygen atoms in total. The number of fused-ring (bicyclic) bond motifs is 1. The summed E-state index contributed by atoms with van der Waals surface area (Å²) in [5.74, 6) is -1.13. The van der Waals surface area contributed by atoms with Gasteiger partial charge in [-0.3, -0.25) is 0 Å². The van der Waals surface area contributed by atoms with E-state index in [1.54, 1.807) is 18.2 Å². The minimum Gasteiger partial charge on any atom is -0.545 e. The molecule has 0 unspecified atom stereocenters. The zero-order valence-electron chi connectivity index (χ0n) is 7.78. The normalized spacial score (nSPS) is 10.4. The van der Waals surface area contributed by atoms with Gasteiger partial charge in [-0.1, -0.05) is 35.9 Å². The van der Waals surface area contributed by atoms with Crippen LogP contribution in [0.2, 0.25) is 0 Å². The topological polar surface area (TPSA) is 40.1 Å². The number of aryl methyl sites for hydroxylation is 1. The Morgan fingerprint density at radius 2 is 1.79 bits per heavy atom. The fourth-order valence-electron chi connectivity index (χ4n) is 1.49. The van der Waals surface area contributed by atoms with E-state index in [0.717, 1.165) is 16.3 Å². The predicted octanol–water partition coefficient (Wildman–Crippen LogP) is 1.51. The van der Waals surface area contributed by atoms with Crippen LogP contribution in [0.15, 0.2) is 36.4 Å². The molecule has 0 aliphatic heterocycles. The summed E-state index contributed by atoms with van der Waals surface area (Å²) in [7, 11) is 0. The second kappa shape index (κ2) is 3.14. The zero-order chi connectivity index (χ0) is 10.1. The molecule has 2 rings (SSSR count). The Morgan fingerprint density at radius 1 is 1.07 bits per heavy atom. The first-order chi connectivity index (χ1) is 6.66. The van der Waals surface area contributed by atoms with Crippen molar-refractivity contribution in [2.75, 3.05) is 0 Å². The first-order valence-electron chi connectivity index (χ1n) is 4.38. The minimum absolute atomic E-state index is 0.225. The molecule has 0 radical (unpaired) electrons. The highest BCUT2D eigenvalue weighted by atomic mass is 16.4. The van der Waals surface area contributed by atoms with Gasteiger partial charge in [0.1, 0.15) is 0 Å². The van der Waals surface area contributed by atoms with Gasteiger partial charge in [0.15, 0.2) is 0 Å². The lowest BCUT2D eigenvalue weighted by Gasteiger charge is -2.04. The maximum Gasteiger partial charge on any atom is 0.0715 e. The van der Waals surface area contributed by atoms with Crippen molar-refractivity contribution in [3.8, 4) is 0 Å². The standard InChI is InChI=1S/C12H10O2/c1-8-2-3-9-4-5-10(12(13)14)7-11(9)6-8/h2-7H,1H3,(H,13,14)/p-1. The third-order valence-electron chi connectivity index (χ3n) is 2.23. The molecule has 2 heteroatoms. The lowest BCUT2D eigenvalue weighted by atomic mass is 10.1. The number of hydrogen-bond donors (Lipinski definition) is 0. The van der Waals surface area contributed by atoms with Crippen LogP contribution in [0.1, 0.15) is 15.9 Å². The van der Waals surface area contributed by atoms with E-state index < -0.39 is 5.97 Å². The van der Waals surface area contributed by atoms with Crippen LogP contribution in [0.5, 0.6) is 0 Å². The molecule has 0 saturated heterocycles. The van der Waals surface area contributed by atoms with Gasteiger partial charge in [-0.2, -0.15) is 0 Å². The average Bonchev–Trinajstić information content (AvgIpc) is 2.16. The molecule has 0 atom stereocenters. The largest absolute Gasteiger partial charge is 0.545 e. The van der Waals surface area contributed by atoms with Gasteiger partial charge in [0.25, 0.3) is 0 Å². The van der Waals surface area contributed by atoms with Gasteiger partial charge in [0, 0.05) is 0 Å².